The normalized spacial score (nSPS) is 10.0. The third-order valence-corrected chi connectivity index (χ3v) is 3.55. The number of aromatic hydroxyl groups is 1. The first-order valence-corrected chi connectivity index (χ1v) is 7.91. The molecule has 130 valence electrons. The zero-order valence-corrected chi connectivity index (χ0v) is 13.8. The van der Waals surface area contributed by atoms with Crippen LogP contribution in [0.2, 0.25) is 0 Å². The summed E-state index contributed by atoms with van der Waals surface area (Å²) in [7, 11) is 0. The van der Waals surface area contributed by atoms with E-state index in [1.54, 1.807) is 12.1 Å². The van der Waals surface area contributed by atoms with E-state index in [1.165, 1.54) is 0 Å². The van der Waals surface area contributed by atoms with Crippen LogP contribution in [0.25, 0.3) is 0 Å². The number of aliphatic hydroxyl groups is 1. The third kappa shape index (κ3) is 4.32. The van der Waals surface area contributed by atoms with Crippen molar-refractivity contribution in [3.05, 3.63) is 93.5 Å². The molecule has 0 amide bonds. The van der Waals surface area contributed by atoms with E-state index in [0.29, 0.717) is 5.75 Å². The lowest BCUT2D eigenvalue weighted by atomic mass is 10.2. The van der Waals surface area contributed by atoms with Crippen LogP contribution >= 0.6 is 0 Å². The molecule has 5 heteroatoms. The molecule has 0 saturated heterocycles. The molecule has 1 aromatic heterocycles. The van der Waals surface area contributed by atoms with Crippen molar-refractivity contribution in [2.75, 3.05) is 0 Å². The average Bonchev–Trinajstić information content (AvgIpc) is 2.69. The van der Waals surface area contributed by atoms with E-state index in [2.05, 4.69) is 11.8 Å². The molecule has 5 nitrogen and oxygen atoms in total. The van der Waals surface area contributed by atoms with Gasteiger partial charge in [0.05, 0.1) is 0 Å². The number of aliphatic hydroxyl groups excluding tert-OH is 1. The van der Waals surface area contributed by atoms with Crippen molar-refractivity contribution in [2.24, 2.45) is 0 Å². The summed E-state index contributed by atoms with van der Waals surface area (Å²) >= 11 is 0. The highest BCUT2D eigenvalue weighted by Gasteiger charge is 2.11. The van der Waals surface area contributed by atoms with Gasteiger partial charge in [0.15, 0.2) is 5.76 Å². The van der Waals surface area contributed by atoms with E-state index in [0.717, 1.165) is 17.2 Å². The fraction of sp³-hybridized carbons (Fsp3) is 0.0952. The molecule has 0 aliphatic rings. The Morgan fingerprint density at radius 3 is 2.27 bits per heavy atom. The zero-order valence-electron chi connectivity index (χ0n) is 13.8. The second-order valence-electron chi connectivity index (χ2n) is 5.44. The molecule has 0 atom stereocenters. The minimum Gasteiger partial charge on any atom is -0.502 e. The highest BCUT2D eigenvalue weighted by molar-refractivity contribution is 5.44. The average molecular weight is 348 g/mol. The summed E-state index contributed by atoms with van der Waals surface area (Å²) in [6, 6.07) is 17.8. The summed E-state index contributed by atoms with van der Waals surface area (Å²) in [5.74, 6) is 6.18. The van der Waals surface area contributed by atoms with Gasteiger partial charge in [-0.15, -0.1) is 0 Å². The summed E-state index contributed by atoms with van der Waals surface area (Å²) in [4.78, 5) is 11.6. The molecule has 0 unspecified atom stereocenters. The quantitative estimate of drug-likeness (QED) is 0.709. The largest absolute Gasteiger partial charge is 0.502 e. The second kappa shape index (κ2) is 8.06. The number of hydrogen-bond donors (Lipinski definition) is 2. The van der Waals surface area contributed by atoms with Gasteiger partial charge in [0, 0.05) is 17.2 Å². The van der Waals surface area contributed by atoms with Crippen LogP contribution in [-0.2, 0) is 13.2 Å². The topological polar surface area (TPSA) is 79.9 Å². The fourth-order valence-corrected chi connectivity index (χ4v) is 2.21. The van der Waals surface area contributed by atoms with Crippen molar-refractivity contribution in [1.82, 2.24) is 0 Å². The number of benzene rings is 2. The van der Waals surface area contributed by atoms with E-state index in [1.807, 2.05) is 42.5 Å². The molecule has 0 fully saturated rings. The number of rotatable bonds is 4. The lowest BCUT2D eigenvalue weighted by molar-refractivity contribution is 0.210. The Hall–Kier alpha value is -3.49. The molecule has 0 spiro atoms. The summed E-state index contributed by atoms with van der Waals surface area (Å²) in [5, 5.41) is 18.8. The van der Waals surface area contributed by atoms with Crippen molar-refractivity contribution in [1.29, 1.82) is 0 Å². The zero-order chi connectivity index (χ0) is 18.4. The molecule has 0 radical (unpaired) electrons. The second-order valence-corrected chi connectivity index (χ2v) is 5.44. The van der Waals surface area contributed by atoms with Gasteiger partial charge < -0.3 is 19.4 Å². The molecule has 26 heavy (non-hydrogen) atoms. The van der Waals surface area contributed by atoms with Crippen molar-refractivity contribution >= 4 is 0 Å². The van der Waals surface area contributed by atoms with E-state index < -0.39 is 17.8 Å². The van der Waals surface area contributed by atoms with Gasteiger partial charge in [-0.2, -0.15) is 0 Å². The van der Waals surface area contributed by atoms with Crippen molar-refractivity contribution in [3.63, 3.8) is 0 Å². The molecule has 0 aliphatic heterocycles. The van der Waals surface area contributed by atoms with Crippen molar-refractivity contribution < 1.29 is 19.4 Å². The van der Waals surface area contributed by atoms with Gasteiger partial charge in [-0.3, -0.25) is 4.79 Å². The minimum absolute atomic E-state index is 0.0329. The number of ether oxygens (including phenoxy) is 1. The van der Waals surface area contributed by atoms with Gasteiger partial charge in [-0.1, -0.05) is 30.0 Å². The lowest BCUT2D eigenvalue weighted by Crippen LogP contribution is -2.07. The third-order valence-electron chi connectivity index (χ3n) is 3.55. The van der Waals surface area contributed by atoms with Crippen LogP contribution < -0.4 is 10.2 Å². The summed E-state index contributed by atoms with van der Waals surface area (Å²) in [6.45, 7) is -0.568. The van der Waals surface area contributed by atoms with Crippen LogP contribution in [0.3, 0.4) is 0 Å². The maximum atomic E-state index is 11.6. The Bertz CT molecular complexity index is 993. The molecule has 2 N–H and O–H groups in total. The van der Waals surface area contributed by atoms with Crippen molar-refractivity contribution in [2.45, 2.75) is 13.2 Å². The maximum Gasteiger partial charge on any atom is 0.227 e. The van der Waals surface area contributed by atoms with Crippen LogP contribution in [0.15, 0.2) is 69.9 Å². The first-order valence-electron chi connectivity index (χ1n) is 7.91. The summed E-state index contributed by atoms with van der Waals surface area (Å²) < 4.78 is 10.7. The molecule has 2 aromatic carbocycles. The highest BCUT2D eigenvalue weighted by atomic mass is 16.5. The Kier molecular flexibility index (Phi) is 5.37. The van der Waals surface area contributed by atoms with E-state index in [4.69, 9.17) is 14.3 Å². The highest BCUT2D eigenvalue weighted by Crippen LogP contribution is 2.18. The van der Waals surface area contributed by atoms with Crippen molar-refractivity contribution in [3.8, 4) is 23.3 Å². The predicted molar refractivity (Wildman–Crippen MR) is 95.8 cm³/mol. The SMILES string of the molecule is O=c1cc(CO)oc(COc2ccc(C#Cc3ccccc3)cc2)c1O. The molecule has 3 aromatic rings. The standard InChI is InChI=1S/C21H16O5/c22-13-18-12-19(23)21(24)20(26-18)14-25-17-10-8-16(9-11-17)7-6-15-4-2-1-3-5-15/h1-5,8-12,22,24H,13-14H2. The molecule has 0 saturated carbocycles. The maximum absolute atomic E-state index is 11.6. The Morgan fingerprint density at radius 1 is 0.962 bits per heavy atom. The van der Waals surface area contributed by atoms with E-state index in [9.17, 15) is 9.90 Å². The van der Waals surface area contributed by atoms with Gasteiger partial charge in [0.1, 0.15) is 24.7 Å². The lowest BCUT2D eigenvalue weighted by Gasteiger charge is -2.08. The minimum atomic E-state index is -0.620. The van der Waals surface area contributed by atoms with Crippen LogP contribution in [0.1, 0.15) is 22.6 Å². The van der Waals surface area contributed by atoms with Gasteiger partial charge in [-0.05, 0) is 36.4 Å². The van der Waals surface area contributed by atoms with Crippen LogP contribution in [0.5, 0.6) is 11.5 Å². The predicted octanol–water partition coefficient (Wildman–Crippen LogP) is 2.82. The Balaban J connectivity index is 1.68. The smallest absolute Gasteiger partial charge is 0.227 e. The summed E-state index contributed by atoms with van der Waals surface area (Å²) in [5.41, 5.74) is 1.14. The van der Waals surface area contributed by atoms with Crippen LogP contribution in [0, 0.1) is 11.8 Å². The molecule has 3 rings (SSSR count). The molecular weight excluding hydrogens is 332 g/mol. The molecular formula is C21H16O5. The summed E-state index contributed by atoms with van der Waals surface area (Å²) in [6.07, 6.45) is 0. The fourth-order valence-electron chi connectivity index (χ4n) is 2.21. The Morgan fingerprint density at radius 2 is 1.62 bits per heavy atom. The van der Waals surface area contributed by atoms with Crippen LogP contribution in [-0.4, -0.2) is 10.2 Å². The van der Waals surface area contributed by atoms with E-state index in [-0.39, 0.29) is 18.1 Å². The van der Waals surface area contributed by atoms with Gasteiger partial charge >= 0.3 is 0 Å². The monoisotopic (exact) mass is 348 g/mol. The molecule has 0 bridgehead atoms. The Labute approximate surface area is 150 Å². The van der Waals surface area contributed by atoms with Gasteiger partial charge in [0.25, 0.3) is 0 Å². The number of hydrogen-bond acceptors (Lipinski definition) is 5. The first kappa shape index (κ1) is 17.3. The molecule has 0 aliphatic carbocycles. The van der Waals surface area contributed by atoms with Crippen LogP contribution in [0.4, 0.5) is 0 Å². The van der Waals surface area contributed by atoms with Gasteiger partial charge in [0.2, 0.25) is 11.2 Å². The first-order chi connectivity index (χ1) is 12.7. The van der Waals surface area contributed by atoms with E-state index >= 15 is 0 Å². The van der Waals surface area contributed by atoms with Gasteiger partial charge in [-0.25, -0.2) is 0 Å². The molecule has 1 heterocycles.